The molecule has 9 heteroatoms. The molecule has 0 bridgehead atoms. The first kappa shape index (κ1) is 14.1. The minimum Gasteiger partial charge on any atom is -0.476 e. The molecular formula is C12H15N3O5S. The average Bonchev–Trinajstić information content (AvgIpc) is 3.03. The summed E-state index contributed by atoms with van der Waals surface area (Å²) in [7, 11) is -3.21. The van der Waals surface area contributed by atoms with E-state index in [-0.39, 0.29) is 23.8 Å². The first-order valence-corrected chi connectivity index (χ1v) is 8.44. The van der Waals surface area contributed by atoms with Crippen molar-refractivity contribution < 1.29 is 23.1 Å². The molecule has 0 aromatic carbocycles. The number of nitrogens with one attached hydrogen (secondary N) is 1. The van der Waals surface area contributed by atoms with Crippen molar-refractivity contribution in [2.45, 2.75) is 24.0 Å². The fourth-order valence-corrected chi connectivity index (χ4v) is 3.99. The Balaban J connectivity index is 1.86. The summed E-state index contributed by atoms with van der Waals surface area (Å²) in [6.45, 7) is 0.467. The number of fused-ring (bicyclic) bond motifs is 1. The summed E-state index contributed by atoms with van der Waals surface area (Å²) in [5, 5.41) is 15.1. The van der Waals surface area contributed by atoms with Gasteiger partial charge in [0.15, 0.2) is 15.5 Å². The fraction of sp³-hybridized carbons (Fsp3) is 0.583. The number of aromatic amines is 1. The van der Waals surface area contributed by atoms with Gasteiger partial charge in [-0.15, -0.1) is 0 Å². The van der Waals surface area contributed by atoms with Crippen molar-refractivity contribution in [2.24, 2.45) is 0 Å². The normalized spacial score (nSPS) is 20.2. The van der Waals surface area contributed by atoms with Gasteiger partial charge in [0.1, 0.15) is 5.69 Å². The molecule has 1 aliphatic carbocycles. The average molecular weight is 313 g/mol. The van der Waals surface area contributed by atoms with Crippen LogP contribution in [0, 0.1) is 0 Å². The van der Waals surface area contributed by atoms with Gasteiger partial charge < -0.3 is 10.0 Å². The van der Waals surface area contributed by atoms with E-state index in [0.717, 1.165) is 0 Å². The number of sulfone groups is 1. The maximum Gasteiger partial charge on any atom is 0.356 e. The van der Waals surface area contributed by atoms with Crippen molar-refractivity contribution in [3.63, 3.8) is 0 Å². The van der Waals surface area contributed by atoms with E-state index in [0.29, 0.717) is 31.4 Å². The van der Waals surface area contributed by atoms with Gasteiger partial charge in [0.2, 0.25) is 0 Å². The van der Waals surface area contributed by atoms with Gasteiger partial charge in [-0.1, -0.05) is 0 Å². The number of carbonyl (C=O) groups excluding carboxylic acids is 1. The minimum atomic E-state index is -3.21. The Morgan fingerprint density at radius 1 is 1.48 bits per heavy atom. The van der Waals surface area contributed by atoms with Gasteiger partial charge in [-0.2, -0.15) is 5.10 Å². The number of carbonyl (C=O) groups is 2. The monoisotopic (exact) mass is 313 g/mol. The lowest BCUT2D eigenvalue weighted by atomic mass is 10.0. The van der Waals surface area contributed by atoms with Crippen LogP contribution in [0.4, 0.5) is 0 Å². The first-order valence-electron chi connectivity index (χ1n) is 6.55. The van der Waals surface area contributed by atoms with Crippen molar-refractivity contribution in [1.29, 1.82) is 0 Å². The van der Waals surface area contributed by atoms with E-state index in [4.69, 9.17) is 5.11 Å². The van der Waals surface area contributed by atoms with Crippen LogP contribution in [-0.2, 0) is 16.3 Å². The second-order valence-electron chi connectivity index (χ2n) is 5.66. The zero-order valence-corrected chi connectivity index (χ0v) is 12.2. The Morgan fingerprint density at radius 2 is 2.14 bits per heavy atom. The van der Waals surface area contributed by atoms with Crippen LogP contribution in [0.5, 0.6) is 0 Å². The molecule has 1 saturated carbocycles. The van der Waals surface area contributed by atoms with E-state index in [1.165, 1.54) is 11.2 Å². The molecule has 0 unspecified atom stereocenters. The van der Waals surface area contributed by atoms with Gasteiger partial charge >= 0.3 is 5.97 Å². The summed E-state index contributed by atoms with van der Waals surface area (Å²) < 4.78 is 22.8. The van der Waals surface area contributed by atoms with Crippen molar-refractivity contribution in [1.82, 2.24) is 15.1 Å². The maximum atomic E-state index is 12.4. The fourth-order valence-electron chi connectivity index (χ4n) is 2.75. The minimum absolute atomic E-state index is 0.137. The largest absolute Gasteiger partial charge is 0.476 e. The van der Waals surface area contributed by atoms with Crippen LogP contribution in [0.15, 0.2) is 0 Å². The number of nitrogens with zero attached hydrogens (tertiary/aromatic N) is 2. The number of H-pyrrole nitrogens is 1. The van der Waals surface area contributed by atoms with E-state index in [1.54, 1.807) is 0 Å². The van der Waals surface area contributed by atoms with Crippen LogP contribution >= 0.6 is 0 Å². The molecule has 0 atom stereocenters. The van der Waals surface area contributed by atoms with E-state index in [1.807, 2.05) is 0 Å². The summed E-state index contributed by atoms with van der Waals surface area (Å²) in [5.74, 6) is -1.56. The van der Waals surface area contributed by atoms with Gasteiger partial charge in [-0.3, -0.25) is 9.89 Å². The third-order valence-corrected chi connectivity index (χ3v) is 6.39. The standard InChI is InChI=1S/C12H15N3O5S/c1-21(19,20)12(3-4-12)6-15-5-2-7-8(10(15)16)13-14-9(7)11(17)18/h2-6H2,1H3,(H,13,14)(H,17,18). The third-order valence-electron chi connectivity index (χ3n) is 4.28. The lowest BCUT2D eigenvalue weighted by Crippen LogP contribution is -2.45. The molecule has 1 aliphatic heterocycles. The number of hydrogen-bond acceptors (Lipinski definition) is 5. The summed E-state index contributed by atoms with van der Waals surface area (Å²) in [6.07, 6.45) is 2.68. The molecule has 114 valence electrons. The molecule has 2 aliphatic rings. The number of amides is 1. The summed E-state index contributed by atoms with van der Waals surface area (Å²) in [6, 6.07) is 0. The number of carboxylic acid groups (broad SMARTS) is 1. The van der Waals surface area contributed by atoms with Gasteiger partial charge in [0.05, 0.1) is 4.75 Å². The highest BCUT2D eigenvalue weighted by molar-refractivity contribution is 7.92. The van der Waals surface area contributed by atoms with Crippen molar-refractivity contribution in [2.75, 3.05) is 19.3 Å². The van der Waals surface area contributed by atoms with E-state index < -0.39 is 20.6 Å². The molecule has 2 N–H and O–H groups in total. The SMILES string of the molecule is CS(=O)(=O)C1(CN2CCc3c(C(=O)O)n[nH]c3C2=O)CC1. The lowest BCUT2D eigenvalue weighted by Gasteiger charge is -2.29. The van der Waals surface area contributed by atoms with Gasteiger partial charge in [-0.25, -0.2) is 13.2 Å². The molecule has 1 amide bonds. The molecule has 0 spiro atoms. The second kappa shape index (κ2) is 4.30. The number of carboxylic acids is 1. The van der Waals surface area contributed by atoms with Crippen LogP contribution in [-0.4, -0.2) is 64.6 Å². The predicted octanol–water partition coefficient (Wildman–Crippen LogP) is -0.317. The lowest BCUT2D eigenvalue weighted by molar-refractivity contribution is 0.0688. The smallest absolute Gasteiger partial charge is 0.356 e. The zero-order valence-electron chi connectivity index (χ0n) is 11.4. The topological polar surface area (TPSA) is 120 Å². The molecule has 0 saturated heterocycles. The predicted molar refractivity (Wildman–Crippen MR) is 72.0 cm³/mol. The summed E-state index contributed by atoms with van der Waals surface area (Å²) in [5.41, 5.74) is 0.415. The Kier molecular flexibility index (Phi) is 2.88. The quantitative estimate of drug-likeness (QED) is 0.786. The molecular weight excluding hydrogens is 298 g/mol. The Labute approximate surface area is 121 Å². The Hall–Kier alpha value is -1.90. The van der Waals surface area contributed by atoms with Crippen LogP contribution in [0.25, 0.3) is 0 Å². The van der Waals surface area contributed by atoms with Crippen molar-refractivity contribution in [3.05, 3.63) is 17.0 Å². The van der Waals surface area contributed by atoms with Crippen molar-refractivity contribution >= 4 is 21.7 Å². The highest BCUT2D eigenvalue weighted by Crippen LogP contribution is 2.44. The van der Waals surface area contributed by atoms with Gasteiger partial charge in [0, 0.05) is 24.9 Å². The first-order chi connectivity index (χ1) is 9.75. The molecule has 0 radical (unpaired) electrons. The maximum absolute atomic E-state index is 12.4. The van der Waals surface area contributed by atoms with Crippen LogP contribution in [0.1, 0.15) is 39.4 Å². The molecule has 1 aromatic rings. The zero-order chi connectivity index (χ0) is 15.4. The van der Waals surface area contributed by atoms with Gasteiger partial charge in [-0.05, 0) is 19.3 Å². The van der Waals surface area contributed by atoms with E-state index >= 15 is 0 Å². The Bertz CT molecular complexity index is 732. The van der Waals surface area contributed by atoms with E-state index in [2.05, 4.69) is 10.2 Å². The number of rotatable bonds is 4. The third kappa shape index (κ3) is 2.11. The molecule has 2 heterocycles. The highest BCUT2D eigenvalue weighted by Gasteiger charge is 2.54. The summed E-state index contributed by atoms with van der Waals surface area (Å²) in [4.78, 5) is 24.8. The highest BCUT2D eigenvalue weighted by atomic mass is 32.2. The number of hydrogen-bond donors (Lipinski definition) is 2. The second-order valence-corrected chi connectivity index (χ2v) is 8.07. The summed E-state index contributed by atoms with van der Waals surface area (Å²) >= 11 is 0. The molecule has 21 heavy (non-hydrogen) atoms. The molecule has 1 aromatic heterocycles. The van der Waals surface area contributed by atoms with Gasteiger partial charge in [0.25, 0.3) is 5.91 Å². The van der Waals surface area contributed by atoms with Crippen LogP contribution in [0.3, 0.4) is 0 Å². The molecule has 3 rings (SSSR count). The number of aromatic nitrogens is 2. The van der Waals surface area contributed by atoms with Crippen LogP contribution in [0.2, 0.25) is 0 Å². The van der Waals surface area contributed by atoms with Crippen molar-refractivity contribution in [3.8, 4) is 0 Å². The molecule has 8 nitrogen and oxygen atoms in total. The van der Waals surface area contributed by atoms with Crippen LogP contribution < -0.4 is 0 Å². The van der Waals surface area contributed by atoms with E-state index in [9.17, 15) is 18.0 Å². The molecule has 1 fully saturated rings. The Morgan fingerprint density at radius 3 is 2.67 bits per heavy atom. The number of aromatic carboxylic acids is 1.